The highest BCUT2D eigenvalue weighted by Crippen LogP contribution is 2.48. The van der Waals surface area contributed by atoms with Crippen molar-refractivity contribution in [2.45, 2.75) is 70.0 Å². The Hall–Kier alpha value is -1.92. The van der Waals surface area contributed by atoms with E-state index in [2.05, 4.69) is 0 Å². The fraction of sp³-hybridized carbons (Fsp3) is 0.636. The zero-order valence-electron chi connectivity index (χ0n) is 16.3. The maximum atomic E-state index is 14.6. The highest BCUT2D eigenvalue weighted by atomic mass is 19.4. The van der Waals surface area contributed by atoms with Gasteiger partial charge in [0, 0.05) is 18.9 Å². The molecule has 2 heterocycles. The molecule has 156 valence electrons. The molecule has 2 aromatic rings. The first-order chi connectivity index (χ1) is 13.9. The van der Waals surface area contributed by atoms with Crippen LogP contribution in [0.1, 0.15) is 73.6 Å². The van der Waals surface area contributed by atoms with E-state index in [0.717, 1.165) is 43.1 Å². The average molecular weight is 407 g/mol. The Balaban J connectivity index is 1.41. The molecule has 0 spiro atoms. The third-order valence-corrected chi connectivity index (χ3v) is 7.31. The minimum absolute atomic E-state index is 0.288. The molecule has 7 heteroatoms. The van der Waals surface area contributed by atoms with Crippen molar-refractivity contribution in [2.24, 2.45) is 17.8 Å². The summed E-state index contributed by atoms with van der Waals surface area (Å²) in [6.07, 6.45) is 4.36. The zero-order valence-corrected chi connectivity index (χ0v) is 16.3. The molecule has 3 aliphatic rings. The van der Waals surface area contributed by atoms with Gasteiger partial charge in [0.05, 0.1) is 5.56 Å². The lowest BCUT2D eigenvalue weighted by Gasteiger charge is -2.29. The van der Waals surface area contributed by atoms with Crippen LogP contribution in [0.5, 0.6) is 0 Å². The van der Waals surface area contributed by atoms with Gasteiger partial charge in [-0.3, -0.25) is 0 Å². The van der Waals surface area contributed by atoms with E-state index in [-0.39, 0.29) is 11.5 Å². The third-order valence-electron chi connectivity index (χ3n) is 7.31. The second-order valence-corrected chi connectivity index (χ2v) is 8.93. The largest absolute Gasteiger partial charge is 0.416 e. The minimum atomic E-state index is -4.54. The highest BCUT2D eigenvalue weighted by molar-refractivity contribution is 5.33. The van der Waals surface area contributed by atoms with E-state index in [1.54, 1.807) is 0 Å². The minimum Gasteiger partial charge on any atom is -0.249 e. The lowest BCUT2D eigenvalue weighted by Crippen LogP contribution is -2.23. The van der Waals surface area contributed by atoms with Gasteiger partial charge in [0.15, 0.2) is 5.82 Å². The number of aryl methyl sites for hydroxylation is 1. The van der Waals surface area contributed by atoms with Crippen molar-refractivity contribution in [3.05, 3.63) is 46.8 Å². The maximum Gasteiger partial charge on any atom is 0.416 e. The Bertz CT molecular complexity index is 888. The molecular weight excluding hydrogens is 382 g/mol. The van der Waals surface area contributed by atoms with Crippen LogP contribution in [0.2, 0.25) is 0 Å². The standard InChI is InChI=1S/C22H25F4N3/c23-19-11-15(22(24,25)26)8-9-16(19)17-5-2-10-29-21(17)27-20(28-29)12-18-13-3-1-4-14(18)7-6-13/h8-9,11,13-14,17-18H,1-7,10,12H2/t13-,14+,17?,18?. The van der Waals surface area contributed by atoms with Crippen LogP contribution in [-0.2, 0) is 19.1 Å². The van der Waals surface area contributed by atoms with Gasteiger partial charge in [0.1, 0.15) is 11.6 Å². The zero-order chi connectivity index (χ0) is 20.2. The van der Waals surface area contributed by atoms with Crippen LogP contribution >= 0.6 is 0 Å². The Morgan fingerprint density at radius 2 is 1.76 bits per heavy atom. The molecule has 2 bridgehead atoms. The molecular formula is C22H25F4N3. The van der Waals surface area contributed by atoms with Crippen LogP contribution < -0.4 is 0 Å². The Morgan fingerprint density at radius 1 is 1.00 bits per heavy atom. The van der Waals surface area contributed by atoms with Crippen molar-refractivity contribution < 1.29 is 17.6 Å². The first kappa shape index (κ1) is 19.1. The van der Waals surface area contributed by atoms with Gasteiger partial charge in [0.25, 0.3) is 0 Å². The molecule has 1 aliphatic heterocycles. The molecule has 0 N–H and O–H groups in total. The Labute approximate surface area is 167 Å². The second kappa shape index (κ2) is 7.10. The van der Waals surface area contributed by atoms with Gasteiger partial charge in [0.2, 0.25) is 0 Å². The van der Waals surface area contributed by atoms with Crippen LogP contribution in [-0.4, -0.2) is 14.8 Å². The number of halogens is 4. The first-order valence-electron chi connectivity index (χ1n) is 10.7. The Kier molecular flexibility index (Phi) is 4.67. The van der Waals surface area contributed by atoms with Gasteiger partial charge in [-0.15, -0.1) is 0 Å². The molecule has 2 fully saturated rings. The predicted molar refractivity (Wildman–Crippen MR) is 99.8 cm³/mol. The summed E-state index contributed by atoms with van der Waals surface area (Å²) in [6.45, 7) is 0.735. The van der Waals surface area contributed by atoms with Crippen molar-refractivity contribution >= 4 is 0 Å². The van der Waals surface area contributed by atoms with E-state index < -0.39 is 17.6 Å². The molecule has 4 atom stereocenters. The smallest absolute Gasteiger partial charge is 0.249 e. The van der Waals surface area contributed by atoms with Gasteiger partial charge in [-0.1, -0.05) is 25.3 Å². The first-order valence-corrected chi connectivity index (χ1v) is 10.7. The number of aromatic nitrogens is 3. The Morgan fingerprint density at radius 3 is 2.45 bits per heavy atom. The molecule has 29 heavy (non-hydrogen) atoms. The summed E-state index contributed by atoms with van der Waals surface area (Å²) in [5.74, 6) is 2.57. The quantitative estimate of drug-likeness (QED) is 0.609. The number of hydrogen-bond donors (Lipinski definition) is 0. The lowest BCUT2D eigenvalue weighted by atomic mass is 9.77. The van der Waals surface area contributed by atoms with Crippen molar-refractivity contribution in [3.8, 4) is 0 Å². The second-order valence-electron chi connectivity index (χ2n) is 8.93. The molecule has 0 amide bonds. The molecule has 1 aromatic heterocycles. The fourth-order valence-electron chi connectivity index (χ4n) is 5.91. The van der Waals surface area contributed by atoms with Gasteiger partial charge >= 0.3 is 6.18 Å². The molecule has 3 nitrogen and oxygen atoms in total. The number of benzene rings is 1. The van der Waals surface area contributed by atoms with E-state index in [1.165, 1.54) is 38.2 Å². The molecule has 2 unspecified atom stereocenters. The molecule has 2 aliphatic carbocycles. The van der Waals surface area contributed by atoms with Gasteiger partial charge in [-0.25, -0.2) is 14.1 Å². The molecule has 0 radical (unpaired) electrons. The summed E-state index contributed by atoms with van der Waals surface area (Å²) in [6, 6.07) is 2.84. The van der Waals surface area contributed by atoms with Crippen LogP contribution in [0, 0.1) is 23.6 Å². The van der Waals surface area contributed by atoms with Gasteiger partial charge in [-0.05, 0) is 61.1 Å². The van der Waals surface area contributed by atoms with Crippen molar-refractivity contribution in [1.29, 1.82) is 0 Å². The average Bonchev–Trinajstić information content (AvgIpc) is 3.17. The van der Waals surface area contributed by atoms with E-state index >= 15 is 0 Å². The van der Waals surface area contributed by atoms with Crippen LogP contribution in [0.4, 0.5) is 17.6 Å². The summed E-state index contributed by atoms with van der Waals surface area (Å²) in [5.41, 5.74) is -0.667. The summed E-state index contributed by atoms with van der Waals surface area (Å²) < 4.78 is 55.1. The van der Waals surface area contributed by atoms with E-state index in [4.69, 9.17) is 10.1 Å². The maximum absolute atomic E-state index is 14.6. The SMILES string of the molecule is Fc1cc(C(F)(F)F)ccc1C1CCCn2nc(CC3[C@@H]4CCC[C@H]3CC4)nc21. The van der Waals surface area contributed by atoms with E-state index in [9.17, 15) is 17.6 Å². The molecule has 0 saturated heterocycles. The van der Waals surface area contributed by atoms with E-state index in [0.29, 0.717) is 24.2 Å². The third kappa shape index (κ3) is 3.46. The fourth-order valence-corrected chi connectivity index (χ4v) is 5.91. The van der Waals surface area contributed by atoms with Gasteiger partial charge in [-0.2, -0.15) is 18.3 Å². The summed E-state index contributed by atoms with van der Waals surface area (Å²) in [4.78, 5) is 4.77. The van der Waals surface area contributed by atoms with Crippen LogP contribution in [0.3, 0.4) is 0 Å². The monoisotopic (exact) mass is 407 g/mol. The topological polar surface area (TPSA) is 30.7 Å². The molecule has 2 saturated carbocycles. The number of nitrogens with zero attached hydrogens (tertiary/aromatic N) is 3. The molecule has 5 rings (SSSR count). The van der Waals surface area contributed by atoms with Gasteiger partial charge < -0.3 is 0 Å². The number of alkyl halides is 3. The molecule has 1 aromatic carbocycles. The van der Waals surface area contributed by atoms with Crippen molar-refractivity contribution in [2.75, 3.05) is 0 Å². The van der Waals surface area contributed by atoms with Crippen LogP contribution in [0.15, 0.2) is 18.2 Å². The predicted octanol–water partition coefficient (Wildman–Crippen LogP) is 5.73. The summed E-state index contributed by atoms with van der Waals surface area (Å²) in [5, 5.41) is 4.71. The number of rotatable bonds is 3. The summed E-state index contributed by atoms with van der Waals surface area (Å²) in [7, 11) is 0. The lowest BCUT2D eigenvalue weighted by molar-refractivity contribution is -0.137. The van der Waals surface area contributed by atoms with Crippen molar-refractivity contribution in [1.82, 2.24) is 14.8 Å². The normalized spacial score (nSPS) is 29.1. The van der Waals surface area contributed by atoms with Crippen molar-refractivity contribution in [3.63, 3.8) is 0 Å². The number of fused-ring (bicyclic) bond motifs is 3. The highest BCUT2D eigenvalue weighted by Gasteiger charge is 2.40. The van der Waals surface area contributed by atoms with E-state index in [1.807, 2.05) is 4.68 Å². The number of hydrogen-bond acceptors (Lipinski definition) is 2. The summed E-state index contributed by atoms with van der Waals surface area (Å²) >= 11 is 0. The van der Waals surface area contributed by atoms with Crippen LogP contribution in [0.25, 0.3) is 0 Å².